The normalized spacial score (nSPS) is 35.4. The van der Waals surface area contributed by atoms with Crippen molar-refractivity contribution in [1.29, 1.82) is 0 Å². The van der Waals surface area contributed by atoms with Crippen LogP contribution in [0, 0.1) is 45.8 Å². The molecule has 11 atom stereocenters. The highest BCUT2D eigenvalue weighted by atomic mass is 16.3. The Kier molecular flexibility index (Phi) is 10.7. The summed E-state index contributed by atoms with van der Waals surface area (Å²) in [6, 6.07) is 10.3. The number of ketones is 1. The number of carbonyl (C=O) groups is 2. The molecule has 244 valence electrons. The second-order valence-corrected chi connectivity index (χ2v) is 15.4. The lowest BCUT2D eigenvalue weighted by Gasteiger charge is -2.59. The Hall–Kier alpha value is -2.31. The van der Waals surface area contributed by atoms with E-state index in [9.17, 15) is 14.7 Å². The number of nitrogens with one attached hydrogen (secondary N) is 1. The molecule has 1 aromatic carbocycles. The SMILES string of the molecule is C=CC[C@H](NC(=O)[C@@H](C)CC)[C@@](C)(/C=N/Cc1ccccc1)[C@@H]1CC[C@@H]2C(C1)C(=O)C[C@]1(C)[C@@H]([C@H](C)N(C)C)[C@H](O)C[C@@]21C. The Morgan fingerprint density at radius 1 is 1.20 bits per heavy atom. The number of hydrogen-bond donors (Lipinski definition) is 2. The van der Waals surface area contributed by atoms with Gasteiger partial charge in [0.1, 0.15) is 5.78 Å². The number of benzene rings is 1. The van der Waals surface area contributed by atoms with Crippen LogP contribution in [0.25, 0.3) is 0 Å². The molecule has 1 unspecified atom stereocenters. The number of Topliss-reactive ketones (excluding diaryl/α,β-unsaturated/α-hetero) is 1. The molecule has 6 heteroatoms. The molecule has 0 bridgehead atoms. The third-order valence-corrected chi connectivity index (χ3v) is 12.9. The summed E-state index contributed by atoms with van der Waals surface area (Å²) in [5.74, 6) is 0.804. The van der Waals surface area contributed by atoms with Crippen molar-refractivity contribution in [3.8, 4) is 0 Å². The number of aliphatic hydroxyl groups excluding tert-OH is 1. The first kappa shape index (κ1) is 34.6. The third kappa shape index (κ3) is 6.23. The molecule has 3 saturated carbocycles. The molecule has 1 aromatic rings. The molecule has 1 amide bonds. The molecule has 44 heavy (non-hydrogen) atoms. The lowest BCUT2D eigenvalue weighted by molar-refractivity contribution is -0.154. The van der Waals surface area contributed by atoms with Gasteiger partial charge in [-0.25, -0.2) is 0 Å². The minimum Gasteiger partial charge on any atom is -0.393 e. The van der Waals surface area contributed by atoms with Crippen LogP contribution in [-0.2, 0) is 16.1 Å². The van der Waals surface area contributed by atoms with Crippen LogP contribution < -0.4 is 5.32 Å². The van der Waals surface area contributed by atoms with Crippen molar-refractivity contribution in [3.05, 3.63) is 48.6 Å². The van der Waals surface area contributed by atoms with Crippen LogP contribution in [0.4, 0.5) is 0 Å². The van der Waals surface area contributed by atoms with Gasteiger partial charge in [-0.2, -0.15) is 0 Å². The van der Waals surface area contributed by atoms with Crippen molar-refractivity contribution in [2.24, 2.45) is 50.8 Å². The second kappa shape index (κ2) is 13.6. The van der Waals surface area contributed by atoms with E-state index in [0.717, 1.165) is 37.7 Å². The maximum absolute atomic E-state index is 14.2. The zero-order valence-electron chi connectivity index (χ0n) is 28.7. The maximum atomic E-state index is 14.2. The lowest BCUT2D eigenvalue weighted by atomic mass is 9.45. The van der Waals surface area contributed by atoms with Gasteiger partial charge in [0.2, 0.25) is 5.91 Å². The predicted molar refractivity (Wildman–Crippen MR) is 180 cm³/mol. The van der Waals surface area contributed by atoms with Gasteiger partial charge in [-0.05, 0) is 87.8 Å². The topological polar surface area (TPSA) is 82.0 Å². The molecule has 6 nitrogen and oxygen atoms in total. The molecule has 3 fully saturated rings. The fourth-order valence-electron chi connectivity index (χ4n) is 9.56. The number of aliphatic imine (C=N–C) groups is 1. The standard InChI is InChI=1S/C38H59N3O3/c1-10-15-33(40-35(44)25(3)11-2)36(5,24-39-23-27-16-13-12-14-17-27)28-18-19-30-29(20-28)31(42)21-38(7)34(26(4)41(8)9)32(43)22-37(30,38)6/h10,12-14,16-17,24-26,28-30,32-34,43H,1,11,15,18-23H2,2-9H3,(H,40,44)/b39-24+/t25-,26-,28+,29?,30+,32+,33-,34-,36-,37-,38+/m0/s1. The van der Waals surface area contributed by atoms with E-state index in [-0.39, 0.29) is 58.4 Å². The Morgan fingerprint density at radius 3 is 2.50 bits per heavy atom. The molecule has 0 saturated heterocycles. The van der Waals surface area contributed by atoms with Gasteiger partial charge in [0.15, 0.2) is 0 Å². The second-order valence-electron chi connectivity index (χ2n) is 15.4. The average Bonchev–Trinajstić information content (AvgIpc) is 3.20. The van der Waals surface area contributed by atoms with Gasteiger partial charge < -0.3 is 15.3 Å². The average molecular weight is 606 g/mol. The Balaban J connectivity index is 1.67. The smallest absolute Gasteiger partial charge is 0.223 e. The molecule has 2 N–H and O–H groups in total. The first-order valence-corrected chi connectivity index (χ1v) is 17.1. The van der Waals surface area contributed by atoms with E-state index >= 15 is 0 Å². The van der Waals surface area contributed by atoms with Crippen molar-refractivity contribution >= 4 is 17.9 Å². The van der Waals surface area contributed by atoms with Crippen molar-refractivity contribution in [2.45, 2.75) is 111 Å². The number of hydrogen-bond acceptors (Lipinski definition) is 5. The van der Waals surface area contributed by atoms with Crippen molar-refractivity contribution < 1.29 is 14.7 Å². The highest BCUT2D eigenvalue weighted by molar-refractivity contribution is 5.84. The number of carbonyl (C=O) groups excluding carboxylic acids is 2. The van der Waals surface area contributed by atoms with Crippen LogP contribution in [0.2, 0.25) is 0 Å². The van der Waals surface area contributed by atoms with Crippen LogP contribution in [-0.4, -0.2) is 60.2 Å². The summed E-state index contributed by atoms with van der Waals surface area (Å²) in [5.41, 5.74) is 0.358. The first-order valence-electron chi connectivity index (χ1n) is 17.1. The van der Waals surface area contributed by atoms with Crippen LogP contribution in [0.15, 0.2) is 48.0 Å². The molecular weight excluding hydrogens is 546 g/mol. The molecule has 0 radical (unpaired) electrons. The van der Waals surface area contributed by atoms with Gasteiger partial charge in [0, 0.05) is 47.9 Å². The Morgan fingerprint density at radius 2 is 1.89 bits per heavy atom. The third-order valence-electron chi connectivity index (χ3n) is 12.9. The van der Waals surface area contributed by atoms with Crippen molar-refractivity contribution in [3.63, 3.8) is 0 Å². The van der Waals surface area contributed by atoms with Crippen LogP contribution in [0.3, 0.4) is 0 Å². The lowest BCUT2D eigenvalue weighted by Crippen LogP contribution is -2.59. The molecular formula is C38H59N3O3. The van der Waals surface area contributed by atoms with E-state index in [2.05, 4.69) is 76.9 Å². The first-order chi connectivity index (χ1) is 20.7. The minimum absolute atomic E-state index is 0.0380. The Labute approximate surface area is 267 Å². The largest absolute Gasteiger partial charge is 0.393 e. The number of nitrogens with zero attached hydrogens (tertiary/aromatic N) is 2. The summed E-state index contributed by atoms with van der Waals surface area (Å²) in [6.45, 7) is 17.8. The van der Waals surface area contributed by atoms with Crippen LogP contribution in [0.1, 0.15) is 92.1 Å². The zero-order valence-corrected chi connectivity index (χ0v) is 28.7. The number of aliphatic hydroxyl groups is 1. The van der Waals surface area contributed by atoms with Gasteiger partial charge in [-0.3, -0.25) is 14.6 Å². The summed E-state index contributed by atoms with van der Waals surface area (Å²) >= 11 is 0. The Bertz CT molecular complexity index is 1200. The van der Waals surface area contributed by atoms with E-state index in [1.54, 1.807) is 0 Å². The van der Waals surface area contributed by atoms with E-state index in [4.69, 9.17) is 4.99 Å². The van der Waals surface area contributed by atoms with Gasteiger partial charge in [0.05, 0.1) is 12.6 Å². The molecule has 0 spiro atoms. The molecule has 0 aliphatic heterocycles. The quantitative estimate of drug-likeness (QED) is 0.205. The van der Waals surface area contributed by atoms with Gasteiger partial charge in [-0.1, -0.05) is 71.0 Å². The molecule has 3 aliphatic rings. The highest BCUT2D eigenvalue weighted by Gasteiger charge is 2.68. The van der Waals surface area contributed by atoms with Crippen LogP contribution >= 0.6 is 0 Å². The van der Waals surface area contributed by atoms with E-state index in [1.807, 2.05) is 38.1 Å². The van der Waals surface area contributed by atoms with Crippen LogP contribution in [0.5, 0.6) is 0 Å². The summed E-state index contributed by atoms with van der Waals surface area (Å²) < 4.78 is 0. The zero-order chi connectivity index (χ0) is 32.4. The highest BCUT2D eigenvalue weighted by Crippen LogP contribution is 2.69. The van der Waals surface area contributed by atoms with Gasteiger partial charge >= 0.3 is 0 Å². The summed E-state index contributed by atoms with van der Waals surface area (Å²) in [7, 11) is 4.16. The molecule has 0 aromatic heterocycles. The summed E-state index contributed by atoms with van der Waals surface area (Å²) in [6.07, 6.45) is 9.00. The number of rotatable bonds is 12. The predicted octanol–water partition coefficient (Wildman–Crippen LogP) is 6.72. The molecule has 3 aliphatic carbocycles. The number of amides is 1. The maximum Gasteiger partial charge on any atom is 0.223 e. The molecule has 0 heterocycles. The summed E-state index contributed by atoms with van der Waals surface area (Å²) in [5, 5.41) is 14.9. The van der Waals surface area contributed by atoms with Crippen molar-refractivity contribution in [1.82, 2.24) is 10.2 Å². The fraction of sp³-hybridized carbons (Fsp3) is 0.711. The van der Waals surface area contributed by atoms with Crippen molar-refractivity contribution in [2.75, 3.05) is 14.1 Å². The van der Waals surface area contributed by atoms with E-state index in [1.165, 1.54) is 0 Å². The van der Waals surface area contributed by atoms with Gasteiger partial charge in [-0.15, -0.1) is 6.58 Å². The molecule has 4 rings (SSSR count). The fourth-order valence-corrected chi connectivity index (χ4v) is 9.56. The van der Waals surface area contributed by atoms with E-state index < -0.39 is 11.5 Å². The number of fused-ring (bicyclic) bond motifs is 3. The minimum atomic E-state index is -0.448. The monoisotopic (exact) mass is 605 g/mol. The van der Waals surface area contributed by atoms with Gasteiger partial charge in [0.25, 0.3) is 0 Å². The summed E-state index contributed by atoms with van der Waals surface area (Å²) in [4.78, 5) is 34.7. The van der Waals surface area contributed by atoms with E-state index in [0.29, 0.717) is 25.2 Å².